The van der Waals surface area contributed by atoms with Gasteiger partial charge in [-0.15, -0.1) is 0 Å². The summed E-state index contributed by atoms with van der Waals surface area (Å²) in [6.45, 7) is 1.36. The van der Waals surface area contributed by atoms with Crippen molar-refractivity contribution in [2.75, 3.05) is 0 Å². The largest absolute Gasteiger partial charge is 0.488 e. The maximum Gasteiger partial charge on any atom is 0.129 e. The lowest BCUT2D eigenvalue weighted by Gasteiger charge is -2.14. The van der Waals surface area contributed by atoms with E-state index >= 15 is 0 Å². The van der Waals surface area contributed by atoms with Crippen LogP contribution < -0.4 is 4.74 Å². The van der Waals surface area contributed by atoms with Gasteiger partial charge in [0.05, 0.1) is 17.7 Å². The third-order valence-corrected chi connectivity index (χ3v) is 2.98. The molecule has 0 amide bonds. The van der Waals surface area contributed by atoms with Gasteiger partial charge in [-0.2, -0.15) is 5.26 Å². The zero-order chi connectivity index (χ0) is 15.4. The van der Waals surface area contributed by atoms with Crippen LogP contribution in [-0.4, -0.2) is 5.11 Å². The van der Waals surface area contributed by atoms with Gasteiger partial charge >= 0.3 is 0 Å². The molecule has 0 unspecified atom stereocenters. The molecule has 2 aromatic rings. The minimum atomic E-state index is -0.837. The maximum atomic E-state index is 13.6. The summed E-state index contributed by atoms with van der Waals surface area (Å²) >= 11 is 0. The average molecular weight is 289 g/mol. The standard InChI is InChI=1S/C16H13F2NO2/c1-10(20)14-4-3-13(17)7-16(14)21-9-12-6-11(8-19)2-5-15(12)18/h2-7,10,20H,9H2,1H3/t10-/m1/s1. The fraction of sp³-hybridized carbons (Fsp3) is 0.188. The molecule has 1 atom stereocenters. The van der Waals surface area contributed by atoms with Crippen molar-refractivity contribution in [3.63, 3.8) is 0 Å². The molecule has 0 aliphatic rings. The van der Waals surface area contributed by atoms with Crippen LogP contribution >= 0.6 is 0 Å². The Labute approximate surface area is 121 Å². The average Bonchev–Trinajstić information content (AvgIpc) is 2.46. The van der Waals surface area contributed by atoms with Gasteiger partial charge in [-0.3, -0.25) is 0 Å². The van der Waals surface area contributed by atoms with E-state index in [0.717, 1.165) is 6.07 Å². The number of benzene rings is 2. The Morgan fingerprint density at radius 3 is 2.67 bits per heavy atom. The molecule has 0 bridgehead atoms. The molecule has 0 heterocycles. The van der Waals surface area contributed by atoms with E-state index in [0.29, 0.717) is 11.1 Å². The summed E-state index contributed by atoms with van der Waals surface area (Å²) in [7, 11) is 0. The Hall–Kier alpha value is -2.45. The van der Waals surface area contributed by atoms with Crippen LogP contribution in [0.3, 0.4) is 0 Å². The van der Waals surface area contributed by atoms with E-state index in [1.807, 2.05) is 6.07 Å². The topological polar surface area (TPSA) is 53.2 Å². The Bertz CT molecular complexity index is 693. The molecule has 0 aliphatic heterocycles. The number of aliphatic hydroxyl groups excluding tert-OH is 1. The van der Waals surface area contributed by atoms with E-state index in [1.165, 1.54) is 37.3 Å². The molecule has 2 aromatic carbocycles. The molecule has 0 fully saturated rings. The van der Waals surface area contributed by atoms with Crippen molar-refractivity contribution < 1.29 is 18.6 Å². The lowest BCUT2D eigenvalue weighted by atomic mass is 10.1. The lowest BCUT2D eigenvalue weighted by molar-refractivity contribution is 0.189. The predicted octanol–water partition coefficient (Wildman–Crippen LogP) is 3.47. The third-order valence-electron chi connectivity index (χ3n) is 2.98. The van der Waals surface area contributed by atoms with Crippen molar-refractivity contribution in [2.45, 2.75) is 19.6 Å². The molecular formula is C16H13F2NO2. The Kier molecular flexibility index (Phi) is 4.51. The Morgan fingerprint density at radius 2 is 2.00 bits per heavy atom. The summed E-state index contributed by atoms with van der Waals surface area (Å²) < 4.78 is 32.3. The highest BCUT2D eigenvalue weighted by atomic mass is 19.1. The quantitative estimate of drug-likeness (QED) is 0.937. The van der Waals surface area contributed by atoms with Crippen LogP contribution in [0.5, 0.6) is 5.75 Å². The number of hydrogen-bond acceptors (Lipinski definition) is 3. The van der Waals surface area contributed by atoms with E-state index in [1.54, 1.807) is 0 Å². The first-order valence-electron chi connectivity index (χ1n) is 6.30. The van der Waals surface area contributed by atoms with E-state index in [4.69, 9.17) is 10.00 Å². The van der Waals surface area contributed by atoms with Crippen molar-refractivity contribution in [1.29, 1.82) is 5.26 Å². The van der Waals surface area contributed by atoms with Gasteiger partial charge in [0.25, 0.3) is 0 Å². The molecule has 0 aliphatic carbocycles. The van der Waals surface area contributed by atoms with Gasteiger partial charge in [0, 0.05) is 17.2 Å². The van der Waals surface area contributed by atoms with E-state index < -0.39 is 17.7 Å². The highest BCUT2D eigenvalue weighted by Gasteiger charge is 2.12. The molecule has 0 saturated carbocycles. The molecule has 108 valence electrons. The first kappa shape index (κ1) is 14.9. The van der Waals surface area contributed by atoms with E-state index in [2.05, 4.69) is 0 Å². The van der Waals surface area contributed by atoms with Crippen molar-refractivity contribution >= 4 is 0 Å². The van der Waals surface area contributed by atoms with Crippen LogP contribution in [-0.2, 0) is 6.61 Å². The van der Waals surface area contributed by atoms with Crippen LogP contribution in [0, 0.1) is 23.0 Å². The SMILES string of the molecule is C[C@@H](O)c1ccc(F)cc1OCc1cc(C#N)ccc1F. The number of nitrogens with zero attached hydrogens (tertiary/aromatic N) is 1. The Morgan fingerprint density at radius 1 is 1.24 bits per heavy atom. The molecule has 5 heteroatoms. The first-order valence-corrected chi connectivity index (χ1v) is 6.30. The minimum Gasteiger partial charge on any atom is -0.488 e. The van der Waals surface area contributed by atoms with Crippen molar-refractivity contribution in [2.24, 2.45) is 0 Å². The fourth-order valence-electron chi connectivity index (χ4n) is 1.89. The molecule has 21 heavy (non-hydrogen) atoms. The number of rotatable bonds is 4. The first-order chi connectivity index (χ1) is 10.0. The highest BCUT2D eigenvalue weighted by Crippen LogP contribution is 2.27. The summed E-state index contributed by atoms with van der Waals surface area (Å²) in [5, 5.41) is 18.4. The molecule has 0 aromatic heterocycles. The minimum absolute atomic E-state index is 0.145. The lowest BCUT2D eigenvalue weighted by Crippen LogP contribution is -2.03. The van der Waals surface area contributed by atoms with E-state index in [9.17, 15) is 13.9 Å². The van der Waals surface area contributed by atoms with Gasteiger partial charge in [-0.05, 0) is 37.3 Å². The molecule has 0 radical (unpaired) electrons. The Balaban J connectivity index is 2.24. The van der Waals surface area contributed by atoms with Crippen LogP contribution in [0.4, 0.5) is 8.78 Å². The molecule has 1 N–H and O–H groups in total. The van der Waals surface area contributed by atoms with Crippen molar-refractivity contribution in [3.8, 4) is 11.8 Å². The summed E-state index contributed by atoms with van der Waals surface area (Å²) in [5.41, 5.74) is 0.910. The summed E-state index contributed by atoms with van der Waals surface area (Å²) in [4.78, 5) is 0. The number of hydrogen-bond donors (Lipinski definition) is 1. The maximum absolute atomic E-state index is 13.6. The van der Waals surface area contributed by atoms with Gasteiger partial charge in [0.1, 0.15) is 24.0 Å². The highest BCUT2D eigenvalue weighted by molar-refractivity contribution is 5.37. The normalized spacial score (nSPS) is 11.8. The zero-order valence-corrected chi connectivity index (χ0v) is 11.3. The smallest absolute Gasteiger partial charge is 0.129 e. The number of halogens is 2. The van der Waals surface area contributed by atoms with Crippen LogP contribution in [0.1, 0.15) is 29.7 Å². The summed E-state index contributed by atoms with van der Waals surface area (Å²) in [6, 6.07) is 9.58. The zero-order valence-electron chi connectivity index (χ0n) is 11.3. The number of aliphatic hydroxyl groups is 1. The van der Waals surface area contributed by atoms with Crippen LogP contribution in [0.2, 0.25) is 0 Å². The van der Waals surface area contributed by atoms with Gasteiger partial charge in [-0.25, -0.2) is 8.78 Å². The molecule has 3 nitrogen and oxygen atoms in total. The van der Waals surface area contributed by atoms with Gasteiger partial charge in [-0.1, -0.05) is 0 Å². The molecule has 0 saturated heterocycles. The predicted molar refractivity (Wildman–Crippen MR) is 72.5 cm³/mol. The van der Waals surface area contributed by atoms with Gasteiger partial charge in [0.15, 0.2) is 0 Å². The molecule has 2 rings (SSSR count). The van der Waals surface area contributed by atoms with Crippen LogP contribution in [0.25, 0.3) is 0 Å². The monoisotopic (exact) mass is 289 g/mol. The summed E-state index contributed by atoms with van der Waals surface area (Å²) in [6.07, 6.45) is -0.837. The number of nitriles is 1. The van der Waals surface area contributed by atoms with Crippen molar-refractivity contribution in [1.82, 2.24) is 0 Å². The number of ether oxygens (including phenoxy) is 1. The third kappa shape index (κ3) is 3.56. The molecule has 0 spiro atoms. The van der Waals surface area contributed by atoms with Crippen molar-refractivity contribution in [3.05, 3.63) is 64.7 Å². The second-order valence-electron chi connectivity index (χ2n) is 4.56. The van der Waals surface area contributed by atoms with E-state index in [-0.39, 0.29) is 17.9 Å². The fourth-order valence-corrected chi connectivity index (χ4v) is 1.89. The molecular weight excluding hydrogens is 276 g/mol. The van der Waals surface area contributed by atoms with Gasteiger partial charge < -0.3 is 9.84 Å². The second-order valence-corrected chi connectivity index (χ2v) is 4.56. The second kappa shape index (κ2) is 6.33. The van der Waals surface area contributed by atoms with Crippen LogP contribution in [0.15, 0.2) is 36.4 Å². The summed E-state index contributed by atoms with van der Waals surface area (Å²) in [5.74, 6) is -0.878. The van der Waals surface area contributed by atoms with Gasteiger partial charge in [0.2, 0.25) is 0 Å².